The first-order valence-corrected chi connectivity index (χ1v) is 7.99. The van der Waals surface area contributed by atoms with Crippen molar-refractivity contribution in [3.8, 4) is 0 Å². The summed E-state index contributed by atoms with van der Waals surface area (Å²) in [7, 11) is 2.16. The van der Waals surface area contributed by atoms with Crippen LogP contribution < -0.4 is 0 Å². The second kappa shape index (κ2) is 12.4. The second-order valence-electron chi connectivity index (χ2n) is 4.96. The Morgan fingerprint density at radius 3 is 0.733 bits per heavy atom. The summed E-state index contributed by atoms with van der Waals surface area (Å²) < 4.78 is 135. The SMILES string of the molecule is CC.COCc1c(F)c(F)c(F)c(F)c1F.COCc1c(F)c(F)c(F)c(F)c1F. The molecular weight excluding hydrogens is 438 g/mol. The quantitative estimate of drug-likeness (QED) is 0.317. The van der Waals surface area contributed by atoms with Gasteiger partial charge in [0.1, 0.15) is 0 Å². The van der Waals surface area contributed by atoms with Crippen molar-refractivity contribution in [3.63, 3.8) is 0 Å². The maximum absolute atomic E-state index is 12.8. The molecule has 0 bridgehead atoms. The smallest absolute Gasteiger partial charge is 0.200 e. The fourth-order valence-electron chi connectivity index (χ4n) is 1.84. The highest BCUT2D eigenvalue weighted by molar-refractivity contribution is 5.24. The van der Waals surface area contributed by atoms with E-state index in [0.29, 0.717) is 0 Å². The van der Waals surface area contributed by atoms with Crippen LogP contribution in [0.2, 0.25) is 0 Å². The number of rotatable bonds is 4. The molecular formula is C18H16F10O2. The van der Waals surface area contributed by atoms with Crippen molar-refractivity contribution in [2.24, 2.45) is 0 Å². The Morgan fingerprint density at radius 2 is 0.567 bits per heavy atom. The van der Waals surface area contributed by atoms with Crippen molar-refractivity contribution in [2.45, 2.75) is 27.1 Å². The summed E-state index contributed by atoms with van der Waals surface area (Å²) >= 11 is 0. The average Bonchev–Trinajstić information content (AvgIpc) is 2.76. The van der Waals surface area contributed by atoms with E-state index in [1.165, 1.54) is 0 Å². The molecule has 2 rings (SSSR count). The zero-order chi connectivity index (χ0) is 23.8. The minimum atomic E-state index is -2.17. The van der Waals surface area contributed by atoms with Crippen LogP contribution in [-0.4, -0.2) is 14.2 Å². The lowest BCUT2D eigenvalue weighted by molar-refractivity contribution is 0.174. The fraction of sp³-hybridized carbons (Fsp3) is 0.333. The highest BCUT2D eigenvalue weighted by atomic mass is 19.2. The topological polar surface area (TPSA) is 18.5 Å². The molecule has 0 radical (unpaired) electrons. The van der Waals surface area contributed by atoms with Gasteiger partial charge in [-0.15, -0.1) is 0 Å². The molecule has 0 spiro atoms. The minimum absolute atomic E-state index is 0.675. The Hall–Kier alpha value is -2.34. The van der Waals surface area contributed by atoms with Gasteiger partial charge in [0.25, 0.3) is 0 Å². The summed E-state index contributed by atoms with van der Waals surface area (Å²) in [6.07, 6.45) is 0. The van der Waals surface area contributed by atoms with Crippen molar-refractivity contribution >= 4 is 0 Å². The van der Waals surface area contributed by atoms with Crippen molar-refractivity contribution in [3.05, 3.63) is 69.3 Å². The van der Waals surface area contributed by atoms with Crippen molar-refractivity contribution in [1.82, 2.24) is 0 Å². The lowest BCUT2D eigenvalue weighted by Gasteiger charge is -2.06. The Balaban J connectivity index is 0.000000518. The molecule has 0 saturated heterocycles. The molecule has 0 atom stereocenters. The molecule has 0 unspecified atom stereocenters. The van der Waals surface area contributed by atoms with E-state index in [1.54, 1.807) is 0 Å². The molecule has 0 saturated carbocycles. The summed E-state index contributed by atoms with van der Waals surface area (Å²) in [5.74, 6) is -19.6. The van der Waals surface area contributed by atoms with E-state index in [4.69, 9.17) is 0 Å². The highest BCUT2D eigenvalue weighted by Crippen LogP contribution is 2.24. The van der Waals surface area contributed by atoms with E-state index in [9.17, 15) is 43.9 Å². The van der Waals surface area contributed by atoms with Gasteiger partial charge in [-0.2, -0.15) is 0 Å². The largest absolute Gasteiger partial charge is 0.380 e. The zero-order valence-corrected chi connectivity index (χ0v) is 16.0. The van der Waals surface area contributed by atoms with Gasteiger partial charge in [0.15, 0.2) is 46.5 Å². The molecule has 2 aromatic carbocycles. The Bertz CT molecular complexity index is 742. The van der Waals surface area contributed by atoms with Gasteiger partial charge in [-0.3, -0.25) is 0 Å². The lowest BCUT2D eigenvalue weighted by atomic mass is 10.2. The van der Waals surface area contributed by atoms with Gasteiger partial charge in [-0.05, 0) is 0 Å². The van der Waals surface area contributed by atoms with Gasteiger partial charge in [0.05, 0.1) is 24.3 Å². The molecule has 2 aromatic rings. The number of hydrogen-bond acceptors (Lipinski definition) is 2. The van der Waals surface area contributed by atoms with Crippen molar-refractivity contribution in [1.29, 1.82) is 0 Å². The summed E-state index contributed by atoms with van der Waals surface area (Å²) in [6, 6.07) is 0. The molecule has 0 aromatic heterocycles. The number of ether oxygens (including phenoxy) is 2. The molecule has 170 valence electrons. The van der Waals surface area contributed by atoms with Crippen LogP contribution in [0.5, 0.6) is 0 Å². The van der Waals surface area contributed by atoms with E-state index < -0.39 is 82.5 Å². The van der Waals surface area contributed by atoms with Crippen LogP contribution in [0, 0.1) is 58.2 Å². The predicted octanol–water partition coefficient (Wildman–Crippen LogP) is 6.08. The third kappa shape index (κ3) is 5.85. The van der Waals surface area contributed by atoms with Crippen LogP contribution in [0.15, 0.2) is 0 Å². The van der Waals surface area contributed by atoms with Gasteiger partial charge in [0, 0.05) is 14.2 Å². The number of methoxy groups -OCH3 is 2. The van der Waals surface area contributed by atoms with Gasteiger partial charge < -0.3 is 9.47 Å². The van der Waals surface area contributed by atoms with Crippen molar-refractivity contribution < 1.29 is 53.4 Å². The monoisotopic (exact) mass is 454 g/mol. The van der Waals surface area contributed by atoms with E-state index in [2.05, 4.69) is 9.47 Å². The number of benzene rings is 2. The molecule has 0 heterocycles. The summed E-state index contributed by atoms with van der Waals surface area (Å²) in [5, 5.41) is 0. The maximum atomic E-state index is 12.8. The molecule has 0 N–H and O–H groups in total. The van der Waals surface area contributed by atoms with E-state index in [-0.39, 0.29) is 0 Å². The van der Waals surface area contributed by atoms with Crippen LogP contribution in [0.25, 0.3) is 0 Å². The van der Waals surface area contributed by atoms with E-state index in [0.717, 1.165) is 14.2 Å². The highest BCUT2D eigenvalue weighted by Gasteiger charge is 2.26. The van der Waals surface area contributed by atoms with Crippen molar-refractivity contribution in [2.75, 3.05) is 14.2 Å². The van der Waals surface area contributed by atoms with Crippen LogP contribution in [0.1, 0.15) is 25.0 Å². The third-order valence-electron chi connectivity index (χ3n) is 3.18. The van der Waals surface area contributed by atoms with Gasteiger partial charge in [-0.25, -0.2) is 43.9 Å². The first-order valence-electron chi connectivity index (χ1n) is 7.99. The van der Waals surface area contributed by atoms with Crippen LogP contribution in [0.4, 0.5) is 43.9 Å². The zero-order valence-electron chi connectivity index (χ0n) is 16.0. The van der Waals surface area contributed by atoms with E-state index >= 15 is 0 Å². The maximum Gasteiger partial charge on any atom is 0.200 e. The van der Waals surface area contributed by atoms with Crippen LogP contribution in [0.3, 0.4) is 0 Å². The fourth-order valence-corrected chi connectivity index (χ4v) is 1.84. The standard InChI is InChI=1S/2C8H5F5O.C2H6/c2*1-14-2-3-4(9)6(11)8(13)7(12)5(3)10;1-2/h2*2H2,1H3;1-2H3. The summed E-state index contributed by atoms with van der Waals surface area (Å²) in [6.45, 7) is 2.65. The van der Waals surface area contributed by atoms with E-state index in [1.807, 2.05) is 13.8 Å². The minimum Gasteiger partial charge on any atom is -0.380 e. The summed E-state index contributed by atoms with van der Waals surface area (Å²) in [4.78, 5) is 0. The summed E-state index contributed by atoms with van der Waals surface area (Å²) in [5.41, 5.74) is -1.94. The molecule has 30 heavy (non-hydrogen) atoms. The van der Waals surface area contributed by atoms with Gasteiger partial charge in [-0.1, -0.05) is 13.8 Å². The third-order valence-corrected chi connectivity index (χ3v) is 3.18. The molecule has 0 fully saturated rings. The average molecular weight is 454 g/mol. The van der Waals surface area contributed by atoms with Gasteiger partial charge >= 0.3 is 0 Å². The first-order chi connectivity index (χ1) is 14.0. The normalized spacial score (nSPS) is 10.2. The molecule has 0 aliphatic rings. The molecule has 12 heteroatoms. The molecule has 0 amide bonds. The molecule has 2 nitrogen and oxygen atoms in total. The number of halogens is 10. The Morgan fingerprint density at radius 1 is 0.400 bits per heavy atom. The molecule has 0 aliphatic heterocycles. The first kappa shape index (κ1) is 27.7. The Labute approximate surface area is 165 Å². The lowest BCUT2D eigenvalue weighted by Crippen LogP contribution is -2.07. The Kier molecular flexibility index (Phi) is 11.4. The predicted molar refractivity (Wildman–Crippen MR) is 85.2 cm³/mol. The van der Waals surface area contributed by atoms with Gasteiger partial charge in [0.2, 0.25) is 11.6 Å². The second-order valence-corrected chi connectivity index (χ2v) is 4.96. The molecule has 0 aliphatic carbocycles. The van der Waals surface area contributed by atoms with Crippen LogP contribution in [-0.2, 0) is 22.7 Å². The number of hydrogen-bond donors (Lipinski definition) is 0. The van der Waals surface area contributed by atoms with Crippen LogP contribution >= 0.6 is 0 Å².